The van der Waals surface area contributed by atoms with Gasteiger partial charge < -0.3 is 15.5 Å². The van der Waals surface area contributed by atoms with Crippen molar-refractivity contribution in [3.8, 4) is 5.75 Å². The van der Waals surface area contributed by atoms with E-state index in [4.69, 9.17) is 10.5 Å². The number of H-pyrrole nitrogens is 1. The molecule has 3 N–H and O–H groups in total. The van der Waals surface area contributed by atoms with Crippen LogP contribution in [-0.4, -0.2) is 17.3 Å². The molecule has 0 unspecified atom stereocenters. The fourth-order valence-corrected chi connectivity index (χ4v) is 4.93. The van der Waals surface area contributed by atoms with Crippen LogP contribution in [0.4, 0.5) is 5.69 Å². The van der Waals surface area contributed by atoms with Gasteiger partial charge in [-0.05, 0) is 86.9 Å². The van der Waals surface area contributed by atoms with Crippen molar-refractivity contribution in [2.24, 2.45) is 0 Å². The van der Waals surface area contributed by atoms with E-state index in [2.05, 4.69) is 36.8 Å². The summed E-state index contributed by atoms with van der Waals surface area (Å²) in [4.78, 5) is 15.3. The van der Waals surface area contributed by atoms with Crippen molar-refractivity contribution < 1.29 is 4.74 Å². The summed E-state index contributed by atoms with van der Waals surface area (Å²) in [6.45, 7) is 0.671. The molecule has 0 fully saturated rings. The number of nitrogens with one attached hydrogen (secondary N) is 1. The van der Waals surface area contributed by atoms with Crippen molar-refractivity contribution in [1.82, 2.24) is 4.98 Å². The van der Waals surface area contributed by atoms with Crippen molar-refractivity contribution in [3.05, 3.63) is 61.8 Å². The fourth-order valence-electron chi connectivity index (χ4n) is 2.45. The number of nitrogens with two attached hydrogens (primary N) is 1. The summed E-state index contributed by atoms with van der Waals surface area (Å²) in [5.41, 5.74) is 7.36. The van der Waals surface area contributed by atoms with Gasteiger partial charge in [-0.25, -0.2) is 0 Å². The third-order valence-electron chi connectivity index (χ3n) is 3.82. The number of nitrogen functional groups attached to an aromatic ring is 1. The van der Waals surface area contributed by atoms with Crippen LogP contribution in [0, 0.1) is 0 Å². The number of hydrogen-bond donors (Lipinski definition) is 2. The molecule has 136 valence electrons. The third kappa shape index (κ3) is 5.05. The number of benzene rings is 2. The number of ether oxygens (including phenoxy) is 1. The van der Waals surface area contributed by atoms with Crippen molar-refractivity contribution in [2.75, 3.05) is 18.1 Å². The van der Waals surface area contributed by atoms with Crippen LogP contribution in [0.5, 0.6) is 5.75 Å². The molecule has 0 aliphatic carbocycles. The van der Waals surface area contributed by atoms with Gasteiger partial charge in [-0.2, -0.15) is 0 Å². The lowest BCUT2D eigenvalue weighted by Crippen LogP contribution is -2.02. The van der Waals surface area contributed by atoms with Crippen molar-refractivity contribution in [3.63, 3.8) is 0 Å². The van der Waals surface area contributed by atoms with Gasteiger partial charge in [-0.1, -0.05) is 0 Å². The molecule has 7 heteroatoms. The van der Waals surface area contributed by atoms with E-state index in [-0.39, 0.29) is 5.56 Å². The monoisotopic (exact) mass is 496 g/mol. The lowest BCUT2D eigenvalue weighted by Gasteiger charge is -2.08. The normalized spacial score (nSPS) is 11.0. The summed E-state index contributed by atoms with van der Waals surface area (Å²) in [7, 11) is 0. The Bertz CT molecular complexity index is 952. The Morgan fingerprint density at radius 1 is 1.04 bits per heavy atom. The van der Waals surface area contributed by atoms with Gasteiger partial charge in [-0.3, -0.25) is 4.79 Å². The average molecular weight is 498 g/mol. The quantitative estimate of drug-likeness (QED) is 0.254. The number of aromatic amines is 1. The zero-order valence-electron chi connectivity index (χ0n) is 13.9. The molecule has 0 atom stereocenters. The molecule has 0 radical (unpaired) electrons. The van der Waals surface area contributed by atoms with Crippen molar-refractivity contribution >= 4 is 60.2 Å². The Morgan fingerprint density at radius 2 is 1.81 bits per heavy atom. The molecule has 1 aromatic heterocycles. The predicted octanol–water partition coefficient (Wildman–Crippen LogP) is 5.59. The van der Waals surface area contributed by atoms with Crippen molar-refractivity contribution in [1.29, 1.82) is 0 Å². The van der Waals surface area contributed by atoms with Gasteiger partial charge >= 0.3 is 0 Å². The van der Waals surface area contributed by atoms with Gasteiger partial charge in [0.05, 0.1) is 12.3 Å². The van der Waals surface area contributed by atoms with Crippen LogP contribution in [0.3, 0.4) is 0 Å². The van der Waals surface area contributed by atoms with Crippen LogP contribution in [0.15, 0.2) is 61.1 Å². The minimum absolute atomic E-state index is 0.0937. The number of fused-ring (bicyclic) bond motifs is 1. The second kappa shape index (κ2) is 8.97. The third-order valence-corrected chi connectivity index (χ3v) is 6.20. The summed E-state index contributed by atoms with van der Waals surface area (Å²) in [5.74, 6) is 1.84. The van der Waals surface area contributed by atoms with Crippen LogP contribution < -0.4 is 16.0 Å². The molecule has 0 amide bonds. The number of hydrogen-bond acceptors (Lipinski definition) is 4. The van der Waals surface area contributed by atoms with E-state index in [0.29, 0.717) is 6.61 Å². The summed E-state index contributed by atoms with van der Waals surface area (Å²) >= 11 is 8.74. The number of unbranched alkanes of at least 4 members (excludes halogenated alkanes) is 1. The first-order valence-electron chi connectivity index (χ1n) is 8.16. The highest BCUT2D eigenvalue weighted by Crippen LogP contribution is 2.33. The first-order chi connectivity index (χ1) is 12.5. The van der Waals surface area contributed by atoms with Crippen molar-refractivity contribution in [2.45, 2.75) is 17.7 Å². The van der Waals surface area contributed by atoms with E-state index in [1.54, 1.807) is 17.8 Å². The number of halogens is 2. The molecule has 0 saturated carbocycles. The Balaban J connectivity index is 1.43. The Kier molecular flexibility index (Phi) is 6.67. The van der Waals surface area contributed by atoms with E-state index < -0.39 is 0 Å². The maximum atomic E-state index is 11.3. The van der Waals surface area contributed by atoms with Crippen LogP contribution in [0.1, 0.15) is 12.8 Å². The van der Waals surface area contributed by atoms with Gasteiger partial charge in [0.2, 0.25) is 5.56 Å². The Morgan fingerprint density at radius 3 is 2.58 bits per heavy atom. The summed E-state index contributed by atoms with van der Waals surface area (Å²) in [6.07, 6.45) is 2.04. The Labute approximate surface area is 172 Å². The highest BCUT2D eigenvalue weighted by Gasteiger charge is 2.05. The highest BCUT2D eigenvalue weighted by atomic mass is 79.9. The SMILES string of the molecule is Nc1c(Br)cc(SCCCCOc2ccc3[nH]c(=O)ccc3c2)cc1Br. The zero-order chi connectivity index (χ0) is 18.5. The van der Waals surface area contributed by atoms with Gasteiger partial charge in [-0.15, -0.1) is 11.8 Å². The lowest BCUT2D eigenvalue weighted by molar-refractivity contribution is 0.310. The van der Waals surface area contributed by atoms with E-state index in [9.17, 15) is 4.79 Å². The van der Waals surface area contributed by atoms with Crippen LogP contribution in [-0.2, 0) is 0 Å². The second-order valence-corrected chi connectivity index (χ2v) is 8.65. The predicted molar refractivity (Wildman–Crippen MR) is 116 cm³/mol. The van der Waals surface area contributed by atoms with E-state index in [1.165, 1.54) is 11.0 Å². The molecular formula is C19H18Br2N2O2S. The molecule has 26 heavy (non-hydrogen) atoms. The van der Waals surface area contributed by atoms with Crippen LogP contribution in [0.25, 0.3) is 10.9 Å². The molecule has 1 heterocycles. The minimum atomic E-state index is -0.0937. The largest absolute Gasteiger partial charge is 0.494 e. The molecular weight excluding hydrogens is 480 g/mol. The molecule has 0 aliphatic heterocycles. The number of pyridine rings is 1. The van der Waals surface area contributed by atoms with Crippen LogP contribution >= 0.6 is 43.6 Å². The van der Waals surface area contributed by atoms with Gasteiger partial charge in [0.1, 0.15) is 5.75 Å². The lowest BCUT2D eigenvalue weighted by atomic mass is 10.2. The topological polar surface area (TPSA) is 68.1 Å². The van der Waals surface area contributed by atoms with E-state index in [1.807, 2.05) is 30.3 Å². The van der Waals surface area contributed by atoms with Gasteiger partial charge in [0.15, 0.2) is 0 Å². The summed E-state index contributed by atoms with van der Waals surface area (Å²) < 4.78 is 7.64. The smallest absolute Gasteiger partial charge is 0.248 e. The number of rotatable bonds is 7. The maximum absolute atomic E-state index is 11.3. The molecule has 0 spiro atoms. The minimum Gasteiger partial charge on any atom is -0.494 e. The molecule has 2 aromatic carbocycles. The second-order valence-electron chi connectivity index (χ2n) is 5.78. The van der Waals surface area contributed by atoms with Gasteiger partial charge in [0, 0.05) is 30.8 Å². The summed E-state index contributed by atoms with van der Waals surface area (Å²) in [5, 5.41) is 0.970. The highest BCUT2D eigenvalue weighted by molar-refractivity contribution is 9.11. The number of anilines is 1. The molecule has 0 saturated heterocycles. The summed E-state index contributed by atoms with van der Waals surface area (Å²) in [6, 6.07) is 13.1. The first kappa shape index (κ1) is 19.3. The van der Waals surface area contributed by atoms with Crippen LogP contribution in [0.2, 0.25) is 0 Å². The van der Waals surface area contributed by atoms with E-state index >= 15 is 0 Å². The molecule has 3 aromatic rings. The molecule has 0 aliphatic rings. The molecule has 4 nitrogen and oxygen atoms in total. The average Bonchev–Trinajstić information content (AvgIpc) is 2.62. The Hall–Kier alpha value is -1.44. The first-order valence-corrected chi connectivity index (χ1v) is 10.7. The number of thioether (sulfide) groups is 1. The molecule has 0 bridgehead atoms. The van der Waals surface area contributed by atoms with E-state index in [0.717, 1.165) is 49.9 Å². The standard InChI is InChI=1S/C19H18Br2N2O2S/c20-15-10-14(11-16(21)19(15)22)26-8-2-1-7-25-13-4-5-17-12(9-13)3-6-18(24)23-17/h3-6,9-11H,1-2,7-8,22H2,(H,23,24). The zero-order valence-corrected chi connectivity index (χ0v) is 17.9. The van der Waals surface area contributed by atoms with Gasteiger partial charge in [0.25, 0.3) is 0 Å². The number of aromatic nitrogens is 1. The maximum Gasteiger partial charge on any atom is 0.248 e. The molecule has 3 rings (SSSR count). The fraction of sp³-hybridized carbons (Fsp3) is 0.211.